The van der Waals surface area contributed by atoms with Crippen molar-refractivity contribution in [1.29, 1.82) is 0 Å². The van der Waals surface area contributed by atoms with Gasteiger partial charge in [0.15, 0.2) is 0 Å². The van der Waals surface area contributed by atoms with Gasteiger partial charge in [0.05, 0.1) is 0 Å². The Balaban J connectivity index is 2.43. The molecule has 1 amide bonds. The van der Waals surface area contributed by atoms with E-state index in [2.05, 4.69) is 4.36 Å². The summed E-state index contributed by atoms with van der Waals surface area (Å²) in [7, 11) is -0.566. The highest BCUT2D eigenvalue weighted by Crippen LogP contribution is 2.18. The molecule has 0 spiro atoms. The summed E-state index contributed by atoms with van der Waals surface area (Å²) in [6.07, 6.45) is 0.282. The number of carbonyl (C=O) groups is 1. The normalized spacial score (nSPS) is 10.4. The van der Waals surface area contributed by atoms with Crippen molar-refractivity contribution < 1.29 is 4.79 Å². The van der Waals surface area contributed by atoms with Gasteiger partial charge in [-0.15, -0.1) is 11.6 Å². The van der Waals surface area contributed by atoms with Gasteiger partial charge in [-0.3, -0.25) is 4.79 Å². The lowest BCUT2D eigenvalue weighted by atomic mass is 10.4. The number of carbonyl (C=O) groups excluding carboxylic acids is 1. The molecule has 2 aromatic carbocycles. The maximum atomic E-state index is 11.8. The highest BCUT2D eigenvalue weighted by atomic mass is 35.5. The standard InChI is InChI=1S/C15H14ClNOS/c16-12-11-15(18)17-19(13-7-3-1-4-8-13)14-9-5-2-6-10-14/h1-10H,11-12H2. The second-order valence-electron chi connectivity index (χ2n) is 3.83. The molecule has 0 unspecified atom stereocenters. The lowest BCUT2D eigenvalue weighted by molar-refractivity contribution is -0.117. The summed E-state index contributed by atoms with van der Waals surface area (Å²) < 4.78 is 4.31. The van der Waals surface area contributed by atoms with E-state index in [1.807, 2.05) is 60.7 Å². The van der Waals surface area contributed by atoms with Crippen LogP contribution in [0.25, 0.3) is 0 Å². The molecule has 0 saturated carbocycles. The fraction of sp³-hybridized carbons (Fsp3) is 0.133. The molecular weight excluding hydrogens is 278 g/mol. The van der Waals surface area contributed by atoms with Gasteiger partial charge in [-0.05, 0) is 35.0 Å². The van der Waals surface area contributed by atoms with Crippen molar-refractivity contribution in [1.82, 2.24) is 0 Å². The molecule has 0 radical (unpaired) electrons. The lowest BCUT2D eigenvalue weighted by Crippen LogP contribution is -2.00. The minimum atomic E-state index is -0.566. The Morgan fingerprint density at radius 3 is 1.84 bits per heavy atom. The molecule has 2 rings (SSSR count). The van der Waals surface area contributed by atoms with E-state index in [0.29, 0.717) is 5.88 Å². The second kappa shape index (κ2) is 7.22. The third-order valence-corrected chi connectivity index (χ3v) is 4.45. The Morgan fingerprint density at radius 1 is 0.947 bits per heavy atom. The summed E-state index contributed by atoms with van der Waals surface area (Å²) >= 11 is 5.59. The maximum Gasteiger partial charge on any atom is 0.253 e. The summed E-state index contributed by atoms with van der Waals surface area (Å²) in [5, 5.41) is 0. The fourth-order valence-electron chi connectivity index (χ4n) is 1.57. The summed E-state index contributed by atoms with van der Waals surface area (Å²) in [6.45, 7) is 0. The maximum absolute atomic E-state index is 11.8. The van der Waals surface area contributed by atoms with Gasteiger partial charge in [0, 0.05) is 22.1 Å². The molecule has 0 saturated heterocycles. The molecule has 0 N–H and O–H groups in total. The van der Waals surface area contributed by atoms with Crippen molar-refractivity contribution in [2.45, 2.75) is 16.2 Å². The third kappa shape index (κ3) is 4.01. The topological polar surface area (TPSA) is 29.4 Å². The molecule has 0 aromatic heterocycles. The molecule has 0 fully saturated rings. The predicted molar refractivity (Wildman–Crippen MR) is 79.6 cm³/mol. The third-order valence-electron chi connectivity index (χ3n) is 2.43. The first-order chi connectivity index (χ1) is 9.31. The molecule has 2 nitrogen and oxygen atoms in total. The summed E-state index contributed by atoms with van der Waals surface area (Å²) in [5.41, 5.74) is 0. The summed E-state index contributed by atoms with van der Waals surface area (Å²) in [5.74, 6) is 0.161. The number of benzene rings is 2. The zero-order valence-corrected chi connectivity index (χ0v) is 11.9. The average molecular weight is 292 g/mol. The number of amides is 1. The van der Waals surface area contributed by atoms with E-state index in [9.17, 15) is 4.79 Å². The van der Waals surface area contributed by atoms with Gasteiger partial charge in [0.1, 0.15) is 0 Å². The van der Waals surface area contributed by atoms with Crippen molar-refractivity contribution in [2.75, 3.05) is 5.88 Å². The number of nitrogens with zero attached hydrogens (tertiary/aromatic N) is 1. The lowest BCUT2D eigenvalue weighted by Gasteiger charge is -2.08. The van der Waals surface area contributed by atoms with Crippen molar-refractivity contribution in [3.8, 4) is 0 Å². The van der Waals surface area contributed by atoms with E-state index in [1.54, 1.807) is 0 Å². The van der Waals surface area contributed by atoms with Crippen LogP contribution in [0, 0.1) is 0 Å². The Kier molecular flexibility index (Phi) is 5.31. The van der Waals surface area contributed by atoms with Crippen LogP contribution < -0.4 is 0 Å². The number of hydrogen-bond acceptors (Lipinski definition) is 1. The van der Waals surface area contributed by atoms with Gasteiger partial charge in [0.2, 0.25) is 0 Å². The SMILES string of the molecule is O=C(CCCl)N=S(c1ccccc1)c1ccccc1. The molecule has 0 atom stereocenters. The minimum Gasteiger partial charge on any atom is -0.272 e. The van der Waals surface area contributed by atoms with Gasteiger partial charge >= 0.3 is 0 Å². The zero-order valence-electron chi connectivity index (χ0n) is 10.3. The van der Waals surface area contributed by atoms with Gasteiger partial charge in [0.25, 0.3) is 5.91 Å². The van der Waals surface area contributed by atoms with Crippen LogP contribution in [0.2, 0.25) is 0 Å². The molecular formula is C15H14ClNOS. The molecule has 0 bridgehead atoms. The van der Waals surface area contributed by atoms with E-state index in [-0.39, 0.29) is 12.3 Å². The van der Waals surface area contributed by atoms with Crippen LogP contribution in [-0.4, -0.2) is 11.8 Å². The molecule has 0 aliphatic heterocycles. The van der Waals surface area contributed by atoms with Crippen molar-refractivity contribution in [3.63, 3.8) is 0 Å². The van der Waals surface area contributed by atoms with Crippen LogP contribution in [0.3, 0.4) is 0 Å². The molecule has 4 heteroatoms. The first-order valence-corrected chi connectivity index (χ1v) is 7.68. The van der Waals surface area contributed by atoms with Gasteiger partial charge in [-0.2, -0.15) is 4.36 Å². The number of halogens is 1. The van der Waals surface area contributed by atoms with Crippen LogP contribution in [0.5, 0.6) is 0 Å². The van der Waals surface area contributed by atoms with Crippen LogP contribution in [0.15, 0.2) is 74.8 Å². The van der Waals surface area contributed by atoms with E-state index in [0.717, 1.165) is 9.79 Å². The Morgan fingerprint density at radius 2 is 1.42 bits per heavy atom. The highest BCUT2D eigenvalue weighted by Gasteiger charge is 2.07. The Labute approximate surface area is 120 Å². The Hall–Kier alpha value is -1.45. The van der Waals surface area contributed by atoms with Gasteiger partial charge in [-0.25, -0.2) is 0 Å². The molecule has 19 heavy (non-hydrogen) atoms. The first kappa shape index (κ1) is 14.0. The molecule has 98 valence electrons. The Bertz CT molecular complexity index is 528. The molecule has 2 aromatic rings. The smallest absolute Gasteiger partial charge is 0.253 e. The van der Waals surface area contributed by atoms with Crippen molar-refractivity contribution in [3.05, 3.63) is 60.7 Å². The monoisotopic (exact) mass is 291 g/mol. The van der Waals surface area contributed by atoms with E-state index in [4.69, 9.17) is 11.6 Å². The van der Waals surface area contributed by atoms with E-state index >= 15 is 0 Å². The first-order valence-electron chi connectivity index (χ1n) is 5.96. The van der Waals surface area contributed by atoms with E-state index < -0.39 is 10.7 Å². The van der Waals surface area contributed by atoms with Crippen molar-refractivity contribution in [2.24, 2.45) is 4.36 Å². The molecule has 0 aliphatic carbocycles. The average Bonchev–Trinajstić information content (AvgIpc) is 2.47. The van der Waals surface area contributed by atoms with Crippen molar-refractivity contribution >= 4 is 28.2 Å². The second-order valence-corrected chi connectivity index (χ2v) is 5.91. The number of alkyl halides is 1. The van der Waals surface area contributed by atoms with Gasteiger partial charge < -0.3 is 0 Å². The number of rotatable bonds is 4. The molecule has 0 heterocycles. The fourth-order valence-corrected chi connectivity index (χ4v) is 3.34. The van der Waals surface area contributed by atoms with Gasteiger partial charge in [-0.1, -0.05) is 36.4 Å². The van der Waals surface area contributed by atoms with Crippen LogP contribution in [-0.2, 0) is 15.5 Å². The van der Waals surface area contributed by atoms with E-state index in [1.165, 1.54) is 0 Å². The number of hydrogen-bond donors (Lipinski definition) is 0. The van der Waals surface area contributed by atoms with Crippen LogP contribution in [0.1, 0.15) is 6.42 Å². The summed E-state index contributed by atoms with van der Waals surface area (Å²) in [4.78, 5) is 13.8. The molecule has 0 aliphatic rings. The summed E-state index contributed by atoms with van der Waals surface area (Å²) in [6, 6.07) is 19.7. The predicted octanol–water partition coefficient (Wildman–Crippen LogP) is 4.06. The minimum absolute atomic E-state index is 0.147. The van der Waals surface area contributed by atoms with Crippen LogP contribution >= 0.6 is 11.6 Å². The highest BCUT2D eigenvalue weighted by molar-refractivity contribution is 7.87. The zero-order chi connectivity index (χ0) is 13.5. The quantitative estimate of drug-likeness (QED) is 0.781. The largest absolute Gasteiger partial charge is 0.272 e. The van der Waals surface area contributed by atoms with Crippen LogP contribution in [0.4, 0.5) is 0 Å².